The first-order chi connectivity index (χ1) is 9.68. The van der Waals surface area contributed by atoms with Crippen molar-refractivity contribution in [3.8, 4) is 0 Å². The molecule has 2 rings (SSSR count). The zero-order chi connectivity index (χ0) is 15.7. The van der Waals surface area contributed by atoms with Crippen LogP contribution in [0.15, 0.2) is 30.0 Å². The normalized spacial score (nSPS) is 17.5. The summed E-state index contributed by atoms with van der Waals surface area (Å²) in [6, 6.07) is 7.15. The Morgan fingerprint density at radius 2 is 1.95 bits per heavy atom. The molecule has 8 heteroatoms. The lowest BCUT2D eigenvalue weighted by Crippen LogP contribution is -2.21. The SMILES string of the molecule is CC1(C)OC(CCOS(N)(=O)=O)=C(c2ccccc2Cl)O1. The third kappa shape index (κ3) is 4.34. The summed E-state index contributed by atoms with van der Waals surface area (Å²) in [6.45, 7) is 3.36. The Balaban J connectivity index is 2.24. The first kappa shape index (κ1) is 16.1. The van der Waals surface area contributed by atoms with Crippen molar-refractivity contribution >= 4 is 27.7 Å². The largest absolute Gasteiger partial charge is 0.453 e. The summed E-state index contributed by atoms with van der Waals surface area (Å²) in [6.07, 6.45) is 0.195. The van der Waals surface area contributed by atoms with Crippen molar-refractivity contribution in [2.75, 3.05) is 6.61 Å². The van der Waals surface area contributed by atoms with Gasteiger partial charge in [-0.3, -0.25) is 4.18 Å². The molecule has 0 amide bonds. The van der Waals surface area contributed by atoms with E-state index in [0.717, 1.165) is 0 Å². The fraction of sp³-hybridized carbons (Fsp3) is 0.385. The van der Waals surface area contributed by atoms with E-state index >= 15 is 0 Å². The Hall–Kier alpha value is -1.28. The van der Waals surface area contributed by atoms with Crippen molar-refractivity contribution in [3.05, 3.63) is 40.6 Å². The average Bonchev–Trinajstić information content (AvgIpc) is 2.63. The van der Waals surface area contributed by atoms with Gasteiger partial charge in [0.25, 0.3) is 0 Å². The van der Waals surface area contributed by atoms with Crippen molar-refractivity contribution in [2.45, 2.75) is 26.1 Å². The van der Waals surface area contributed by atoms with E-state index in [9.17, 15) is 8.42 Å². The van der Waals surface area contributed by atoms with Crippen LogP contribution >= 0.6 is 11.6 Å². The molecule has 21 heavy (non-hydrogen) atoms. The molecule has 1 aliphatic rings. The maximum Gasteiger partial charge on any atom is 0.333 e. The second-order valence-corrected chi connectivity index (χ2v) is 6.53. The quantitative estimate of drug-likeness (QED) is 0.893. The zero-order valence-electron chi connectivity index (χ0n) is 11.6. The van der Waals surface area contributed by atoms with Crippen LogP contribution in [0.3, 0.4) is 0 Å². The van der Waals surface area contributed by atoms with Gasteiger partial charge in [-0.1, -0.05) is 23.7 Å². The predicted molar refractivity (Wildman–Crippen MR) is 78.3 cm³/mol. The molecule has 0 saturated heterocycles. The summed E-state index contributed by atoms with van der Waals surface area (Å²) in [4.78, 5) is 0. The van der Waals surface area contributed by atoms with Crippen LogP contribution in [0, 0.1) is 0 Å². The summed E-state index contributed by atoms with van der Waals surface area (Å²) >= 11 is 6.15. The van der Waals surface area contributed by atoms with Gasteiger partial charge in [-0.05, 0) is 12.1 Å². The van der Waals surface area contributed by atoms with E-state index in [4.69, 9.17) is 26.2 Å². The average molecular weight is 334 g/mol. The van der Waals surface area contributed by atoms with E-state index in [1.807, 2.05) is 6.07 Å². The van der Waals surface area contributed by atoms with E-state index in [2.05, 4.69) is 4.18 Å². The molecule has 0 fully saturated rings. The van der Waals surface area contributed by atoms with Gasteiger partial charge in [-0.25, -0.2) is 5.14 Å². The Bertz CT molecular complexity index is 669. The third-order valence-electron chi connectivity index (χ3n) is 2.67. The summed E-state index contributed by atoms with van der Waals surface area (Å²) in [7, 11) is -3.98. The number of benzene rings is 1. The second kappa shape index (κ2) is 5.84. The molecule has 1 heterocycles. The van der Waals surface area contributed by atoms with Crippen LogP contribution < -0.4 is 5.14 Å². The van der Waals surface area contributed by atoms with Crippen LogP contribution in [-0.4, -0.2) is 20.8 Å². The van der Waals surface area contributed by atoms with Crippen molar-refractivity contribution < 1.29 is 22.1 Å². The highest BCUT2D eigenvalue weighted by Gasteiger charge is 2.35. The number of halogens is 1. The van der Waals surface area contributed by atoms with Crippen molar-refractivity contribution in [1.82, 2.24) is 0 Å². The fourth-order valence-corrected chi connectivity index (χ4v) is 2.47. The second-order valence-electron chi connectivity index (χ2n) is 4.90. The van der Waals surface area contributed by atoms with Crippen molar-refractivity contribution in [2.24, 2.45) is 5.14 Å². The Morgan fingerprint density at radius 3 is 2.57 bits per heavy atom. The Morgan fingerprint density at radius 1 is 1.29 bits per heavy atom. The Labute approximate surface area is 128 Å². The lowest BCUT2D eigenvalue weighted by atomic mass is 10.1. The van der Waals surface area contributed by atoms with Crippen LogP contribution in [0.5, 0.6) is 0 Å². The molecule has 0 unspecified atom stereocenters. The molecular weight excluding hydrogens is 318 g/mol. The maximum atomic E-state index is 10.8. The molecule has 0 spiro atoms. The summed E-state index contributed by atoms with van der Waals surface area (Å²) < 4.78 is 37.5. The minimum absolute atomic E-state index is 0.137. The third-order valence-corrected chi connectivity index (χ3v) is 3.49. The lowest BCUT2D eigenvalue weighted by Gasteiger charge is -2.19. The number of ether oxygens (including phenoxy) is 2. The van der Waals surface area contributed by atoms with Gasteiger partial charge in [0, 0.05) is 25.8 Å². The minimum atomic E-state index is -3.98. The van der Waals surface area contributed by atoms with Crippen LogP contribution in [-0.2, 0) is 24.0 Å². The van der Waals surface area contributed by atoms with E-state index in [1.165, 1.54) is 0 Å². The maximum absolute atomic E-state index is 10.8. The van der Waals surface area contributed by atoms with Gasteiger partial charge < -0.3 is 9.47 Å². The van der Waals surface area contributed by atoms with Gasteiger partial charge >= 0.3 is 10.3 Å². The highest BCUT2D eigenvalue weighted by Crippen LogP contribution is 2.39. The van der Waals surface area contributed by atoms with E-state index in [1.54, 1.807) is 32.0 Å². The van der Waals surface area contributed by atoms with Crippen LogP contribution in [0.2, 0.25) is 5.02 Å². The first-order valence-electron chi connectivity index (χ1n) is 6.21. The highest BCUT2D eigenvalue weighted by atomic mass is 35.5. The molecule has 0 radical (unpaired) electrons. The molecule has 0 bridgehead atoms. The van der Waals surface area contributed by atoms with E-state index < -0.39 is 16.1 Å². The van der Waals surface area contributed by atoms with E-state index in [-0.39, 0.29) is 13.0 Å². The monoisotopic (exact) mass is 333 g/mol. The Kier molecular flexibility index (Phi) is 4.48. The summed E-state index contributed by atoms with van der Waals surface area (Å²) in [5, 5.41) is 5.30. The molecule has 2 N–H and O–H groups in total. The molecule has 1 aromatic rings. The van der Waals surface area contributed by atoms with Gasteiger partial charge in [0.05, 0.1) is 11.6 Å². The molecule has 0 aliphatic carbocycles. The first-order valence-corrected chi connectivity index (χ1v) is 8.06. The number of nitrogens with two attached hydrogens (primary N) is 1. The van der Waals surface area contributed by atoms with Gasteiger partial charge in [0.15, 0.2) is 5.76 Å². The predicted octanol–water partition coefficient (Wildman–Crippen LogP) is 2.40. The van der Waals surface area contributed by atoms with Crippen LogP contribution in [0.1, 0.15) is 25.8 Å². The van der Waals surface area contributed by atoms with Crippen LogP contribution in [0.4, 0.5) is 0 Å². The number of rotatable bonds is 5. The number of hydrogen-bond donors (Lipinski definition) is 1. The molecule has 1 aliphatic heterocycles. The van der Waals surface area contributed by atoms with Gasteiger partial charge in [0.2, 0.25) is 5.79 Å². The topological polar surface area (TPSA) is 87.9 Å². The van der Waals surface area contributed by atoms with Crippen molar-refractivity contribution in [3.63, 3.8) is 0 Å². The zero-order valence-corrected chi connectivity index (χ0v) is 13.2. The van der Waals surface area contributed by atoms with Crippen LogP contribution in [0.25, 0.3) is 5.76 Å². The summed E-state index contributed by atoms with van der Waals surface area (Å²) in [5.74, 6) is 0.0891. The van der Waals surface area contributed by atoms with Gasteiger partial charge in [-0.15, -0.1) is 0 Å². The van der Waals surface area contributed by atoms with Crippen molar-refractivity contribution in [1.29, 1.82) is 0 Å². The van der Waals surface area contributed by atoms with Gasteiger partial charge in [-0.2, -0.15) is 8.42 Å². The van der Waals surface area contributed by atoms with E-state index in [0.29, 0.717) is 22.1 Å². The molecule has 1 aromatic carbocycles. The minimum Gasteiger partial charge on any atom is -0.453 e. The lowest BCUT2D eigenvalue weighted by molar-refractivity contribution is -0.112. The molecule has 116 valence electrons. The summed E-state index contributed by atoms with van der Waals surface area (Å²) in [5.41, 5.74) is 0.676. The standard InChI is InChI=1S/C13H16ClNO5S/c1-13(2)19-11(7-8-18-21(15,16)17)12(20-13)9-5-3-4-6-10(9)14/h3-6H,7-8H2,1-2H3,(H2,15,16,17). The molecule has 6 nitrogen and oxygen atoms in total. The number of hydrogen-bond acceptors (Lipinski definition) is 5. The molecule has 0 atom stereocenters. The molecule has 0 aromatic heterocycles. The smallest absolute Gasteiger partial charge is 0.333 e. The molecular formula is C13H16ClNO5S. The van der Waals surface area contributed by atoms with Gasteiger partial charge in [0.1, 0.15) is 5.76 Å². The fourth-order valence-electron chi connectivity index (χ4n) is 1.93. The molecule has 0 saturated carbocycles. The highest BCUT2D eigenvalue weighted by molar-refractivity contribution is 7.84.